The Morgan fingerprint density at radius 1 is 0.930 bits per heavy atom. The van der Waals surface area contributed by atoms with E-state index in [4.69, 9.17) is 9.47 Å². The molecule has 1 N–H and O–H groups in total. The van der Waals surface area contributed by atoms with Gasteiger partial charge < -0.3 is 19.4 Å². The van der Waals surface area contributed by atoms with Crippen LogP contribution in [0.15, 0.2) is 88.2 Å². The first-order chi connectivity index (χ1) is 20.7. The number of hydrogen-bond acceptors (Lipinski definition) is 6. The zero-order valence-corrected chi connectivity index (χ0v) is 26.3. The number of nitrogens with one attached hydrogen (secondary N) is 1. The number of aromatic nitrogens is 1. The van der Waals surface area contributed by atoms with Crippen LogP contribution in [0.2, 0.25) is 0 Å². The smallest absolute Gasteiger partial charge is 0.294 e. The number of amides is 3. The van der Waals surface area contributed by atoms with Crippen LogP contribution in [0.5, 0.6) is 11.5 Å². The molecule has 0 atom stereocenters. The van der Waals surface area contributed by atoms with Crippen LogP contribution >= 0.6 is 27.7 Å². The fourth-order valence-electron chi connectivity index (χ4n) is 4.69. The molecule has 1 aliphatic rings. The van der Waals surface area contributed by atoms with Crippen molar-refractivity contribution in [3.8, 4) is 17.2 Å². The van der Waals surface area contributed by atoms with E-state index in [-0.39, 0.29) is 11.4 Å². The second-order valence-corrected chi connectivity index (χ2v) is 11.8. The largest absolute Gasteiger partial charge is 0.494 e. The monoisotopic (exact) mass is 659 g/mol. The molecule has 1 aliphatic heterocycles. The van der Waals surface area contributed by atoms with E-state index in [1.54, 1.807) is 30.3 Å². The van der Waals surface area contributed by atoms with Gasteiger partial charge in [-0.15, -0.1) is 0 Å². The van der Waals surface area contributed by atoms with Crippen LogP contribution in [-0.2, 0) is 16.2 Å². The van der Waals surface area contributed by atoms with Crippen molar-refractivity contribution in [3.63, 3.8) is 0 Å². The molecule has 43 heavy (non-hydrogen) atoms. The van der Waals surface area contributed by atoms with Crippen LogP contribution in [0.25, 0.3) is 11.8 Å². The fourth-order valence-corrected chi connectivity index (χ4v) is 5.79. The predicted molar refractivity (Wildman–Crippen MR) is 173 cm³/mol. The van der Waals surface area contributed by atoms with E-state index >= 15 is 0 Å². The highest BCUT2D eigenvalue weighted by atomic mass is 79.9. The van der Waals surface area contributed by atoms with Crippen LogP contribution in [-0.4, -0.2) is 39.7 Å². The lowest BCUT2D eigenvalue weighted by Crippen LogP contribution is -2.36. The molecule has 0 spiro atoms. The molecule has 220 valence electrons. The van der Waals surface area contributed by atoms with Gasteiger partial charge in [-0.1, -0.05) is 28.1 Å². The van der Waals surface area contributed by atoms with Gasteiger partial charge >= 0.3 is 0 Å². The van der Waals surface area contributed by atoms with Crippen molar-refractivity contribution >= 4 is 56.5 Å². The molecule has 5 rings (SSSR count). The summed E-state index contributed by atoms with van der Waals surface area (Å²) in [4.78, 5) is 39.6. The van der Waals surface area contributed by atoms with Crippen molar-refractivity contribution in [1.82, 2.24) is 9.47 Å². The summed E-state index contributed by atoms with van der Waals surface area (Å²) in [6, 6.07) is 24.7. The number of anilines is 1. The van der Waals surface area contributed by atoms with Gasteiger partial charge in [0, 0.05) is 27.2 Å². The molecule has 4 aromatic rings. The molecule has 0 bridgehead atoms. The lowest BCUT2D eigenvalue weighted by Gasteiger charge is -2.13. The molecule has 3 aromatic carbocycles. The lowest BCUT2D eigenvalue weighted by atomic mass is 10.2. The van der Waals surface area contributed by atoms with Crippen LogP contribution in [0.1, 0.15) is 29.4 Å². The van der Waals surface area contributed by atoms with Gasteiger partial charge in [0.05, 0.1) is 11.5 Å². The summed E-state index contributed by atoms with van der Waals surface area (Å²) in [5.41, 5.74) is 5.28. The Morgan fingerprint density at radius 2 is 1.58 bits per heavy atom. The molecule has 2 heterocycles. The Kier molecular flexibility index (Phi) is 9.37. The molecule has 10 heteroatoms. The van der Waals surface area contributed by atoms with Gasteiger partial charge in [-0.2, -0.15) is 0 Å². The lowest BCUT2D eigenvalue weighted by molar-refractivity contribution is -0.127. The zero-order chi connectivity index (χ0) is 30.5. The summed E-state index contributed by atoms with van der Waals surface area (Å²) in [7, 11) is 0. The summed E-state index contributed by atoms with van der Waals surface area (Å²) in [5.74, 6) is 0.494. The maximum Gasteiger partial charge on any atom is 0.294 e. The Bertz CT molecular complexity index is 1680. The molecule has 1 saturated heterocycles. The molecule has 0 aliphatic carbocycles. The molecular formula is C33H30BrN3O5S. The minimum absolute atomic E-state index is 0.274. The molecule has 8 nitrogen and oxygen atoms in total. The summed E-state index contributed by atoms with van der Waals surface area (Å²) in [6.45, 7) is 6.48. The zero-order valence-electron chi connectivity index (χ0n) is 23.9. The molecule has 1 aromatic heterocycles. The Morgan fingerprint density at radius 3 is 2.26 bits per heavy atom. The summed E-state index contributed by atoms with van der Waals surface area (Å²) >= 11 is 4.27. The van der Waals surface area contributed by atoms with Gasteiger partial charge in [-0.05, 0) is 116 Å². The second-order valence-electron chi connectivity index (χ2n) is 9.84. The van der Waals surface area contributed by atoms with E-state index in [1.165, 1.54) is 0 Å². The number of ether oxygens (including phenoxy) is 2. The maximum absolute atomic E-state index is 13.1. The molecular weight excluding hydrogens is 630 g/mol. The van der Waals surface area contributed by atoms with Crippen LogP contribution < -0.4 is 14.8 Å². The van der Waals surface area contributed by atoms with E-state index in [0.717, 1.165) is 55.1 Å². The van der Waals surface area contributed by atoms with Gasteiger partial charge in [0.1, 0.15) is 24.7 Å². The third-order valence-electron chi connectivity index (χ3n) is 6.79. The van der Waals surface area contributed by atoms with Crippen molar-refractivity contribution in [2.75, 3.05) is 18.5 Å². The highest BCUT2D eigenvalue weighted by molar-refractivity contribution is 9.10. The first-order valence-electron chi connectivity index (χ1n) is 13.7. The average molecular weight is 661 g/mol. The van der Waals surface area contributed by atoms with Crippen LogP contribution in [0, 0.1) is 13.8 Å². The summed E-state index contributed by atoms with van der Waals surface area (Å²) in [6.07, 6.45) is 1.71. The topological polar surface area (TPSA) is 89.9 Å². The molecule has 0 radical (unpaired) electrons. The number of carbonyl (C=O) groups is 3. The molecule has 1 fully saturated rings. The van der Waals surface area contributed by atoms with Gasteiger partial charge in [0.25, 0.3) is 11.1 Å². The molecule has 3 amide bonds. The normalized spacial score (nSPS) is 14.0. The van der Waals surface area contributed by atoms with Gasteiger partial charge in [-0.25, -0.2) is 0 Å². The highest BCUT2D eigenvalue weighted by Crippen LogP contribution is 2.34. The Labute approximate surface area is 262 Å². The number of benzene rings is 3. The van der Waals surface area contributed by atoms with E-state index < -0.39 is 17.1 Å². The summed E-state index contributed by atoms with van der Waals surface area (Å²) in [5, 5.41) is 2.24. The second kappa shape index (κ2) is 13.4. The van der Waals surface area contributed by atoms with E-state index in [2.05, 4.69) is 25.8 Å². The van der Waals surface area contributed by atoms with Crippen molar-refractivity contribution in [2.45, 2.75) is 27.4 Å². The third kappa shape index (κ3) is 7.21. The number of rotatable bonds is 10. The average Bonchev–Trinajstić information content (AvgIpc) is 3.42. The number of halogens is 1. The Hall–Kier alpha value is -4.28. The van der Waals surface area contributed by atoms with Gasteiger partial charge in [0.15, 0.2) is 0 Å². The Balaban J connectivity index is 1.24. The predicted octanol–water partition coefficient (Wildman–Crippen LogP) is 7.51. The van der Waals surface area contributed by atoms with Crippen molar-refractivity contribution in [3.05, 3.63) is 111 Å². The number of hydrogen-bond donors (Lipinski definition) is 1. The van der Waals surface area contributed by atoms with E-state index in [9.17, 15) is 14.4 Å². The number of carbonyl (C=O) groups excluding carboxylic acids is 3. The van der Waals surface area contributed by atoms with E-state index in [0.29, 0.717) is 24.7 Å². The number of imide groups is 1. The third-order valence-corrected chi connectivity index (χ3v) is 8.23. The fraction of sp³-hybridized carbons (Fsp3) is 0.182. The van der Waals surface area contributed by atoms with Gasteiger partial charge in [0.2, 0.25) is 5.91 Å². The van der Waals surface area contributed by atoms with E-state index in [1.807, 2.05) is 75.4 Å². The summed E-state index contributed by atoms with van der Waals surface area (Å²) < 4.78 is 14.5. The quantitative estimate of drug-likeness (QED) is 0.177. The number of aryl methyl sites for hydroxylation is 1. The maximum atomic E-state index is 13.1. The van der Waals surface area contributed by atoms with Crippen molar-refractivity contribution in [1.29, 1.82) is 0 Å². The minimum Gasteiger partial charge on any atom is -0.494 e. The SMILES string of the molecule is CCOc1ccc(NC(=O)CN2C(=O)S/C(=C/c3cc(C)n(-c4ccc(OCc5ccc(Br)cc5)cc4)c3C)C2=O)cc1. The first-order valence-corrected chi connectivity index (χ1v) is 15.3. The molecule has 0 saturated carbocycles. The molecule has 0 unspecified atom stereocenters. The highest BCUT2D eigenvalue weighted by Gasteiger charge is 2.36. The van der Waals surface area contributed by atoms with Crippen LogP contribution in [0.4, 0.5) is 10.5 Å². The standard InChI is InChI=1S/C33H30BrN3O5S/c1-4-41-28-13-9-26(10-14-28)35-31(38)19-36-32(39)30(43-33(36)40)18-24-17-21(2)37(22(24)3)27-11-15-29(16-12-27)42-20-23-5-7-25(34)8-6-23/h5-18H,4,19-20H2,1-3H3,(H,35,38)/b30-18+. The number of thioether (sulfide) groups is 1. The van der Waals surface area contributed by atoms with Crippen molar-refractivity contribution in [2.24, 2.45) is 0 Å². The van der Waals surface area contributed by atoms with Crippen molar-refractivity contribution < 1.29 is 23.9 Å². The first kappa shape index (κ1) is 30.2. The van der Waals surface area contributed by atoms with Gasteiger partial charge in [-0.3, -0.25) is 19.3 Å². The number of nitrogens with zero attached hydrogens (tertiary/aromatic N) is 2. The van der Waals surface area contributed by atoms with Crippen LogP contribution in [0.3, 0.4) is 0 Å². The minimum atomic E-state index is -0.492.